The second-order valence-electron chi connectivity index (χ2n) is 6.29. The summed E-state index contributed by atoms with van der Waals surface area (Å²) in [6, 6.07) is 18.9. The van der Waals surface area contributed by atoms with Crippen LogP contribution >= 0.6 is 11.3 Å². The van der Waals surface area contributed by atoms with Crippen molar-refractivity contribution in [3.8, 4) is 10.4 Å². The molecule has 0 aliphatic carbocycles. The highest BCUT2D eigenvalue weighted by atomic mass is 32.1. The predicted molar refractivity (Wildman–Crippen MR) is 111 cm³/mol. The number of hydrogen-bond acceptors (Lipinski definition) is 5. The van der Waals surface area contributed by atoms with Crippen LogP contribution in [0.25, 0.3) is 20.7 Å². The van der Waals surface area contributed by atoms with Crippen LogP contribution in [0.5, 0.6) is 0 Å². The molecule has 0 aliphatic heterocycles. The lowest BCUT2D eigenvalue weighted by atomic mass is 10.1. The Kier molecular flexibility index (Phi) is 5.04. The second-order valence-corrected chi connectivity index (χ2v) is 7.32. The summed E-state index contributed by atoms with van der Waals surface area (Å²) in [6.07, 6.45) is 1.58. The molecule has 4 aromatic rings. The largest absolute Gasteiger partial charge is 0.462 e. The van der Waals surface area contributed by atoms with E-state index in [4.69, 9.17) is 4.74 Å². The first kappa shape index (κ1) is 18.1. The lowest BCUT2D eigenvalue weighted by molar-refractivity contribution is 0.0526. The van der Waals surface area contributed by atoms with E-state index in [0.717, 1.165) is 20.8 Å². The van der Waals surface area contributed by atoms with Crippen molar-refractivity contribution in [2.75, 3.05) is 6.61 Å². The van der Waals surface area contributed by atoms with Crippen LogP contribution in [0.15, 0.2) is 71.8 Å². The van der Waals surface area contributed by atoms with Gasteiger partial charge in [-0.2, -0.15) is 0 Å². The molecule has 0 saturated heterocycles. The molecular weight excluding hydrogens is 372 g/mol. The van der Waals surface area contributed by atoms with Crippen molar-refractivity contribution >= 4 is 27.5 Å². The van der Waals surface area contributed by atoms with Gasteiger partial charge in [-0.15, -0.1) is 11.3 Å². The summed E-state index contributed by atoms with van der Waals surface area (Å²) >= 11 is 1.51. The smallest absolute Gasteiger partial charge is 0.338 e. The molecule has 0 unspecified atom stereocenters. The minimum absolute atomic E-state index is 0.0714. The Balaban J connectivity index is 1.62. The molecule has 0 fully saturated rings. The molecule has 0 aliphatic rings. The summed E-state index contributed by atoms with van der Waals surface area (Å²) < 4.78 is 6.58. The van der Waals surface area contributed by atoms with E-state index in [2.05, 4.69) is 4.98 Å². The number of thiophene rings is 1. The van der Waals surface area contributed by atoms with Crippen LogP contribution < -0.4 is 5.56 Å². The number of fused-ring (bicyclic) bond motifs is 1. The van der Waals surface area contributed by atoms with Crippen LogP contribution in [0.4, 0.5) is 0 Å². The molecule has 0 amide bonds. The SMILES string of the molecule is CCOC(=O)c1ccc(Cn2cnc3sc(-c4ccccc4)cc3c2=O)cc1. The monoisotopic (exact) mass is 390 g/mol. The molecule has 2 aromatic carbocycles. The molecule has 0 saturated carbocycles. The highest BCUT2D eigenvalue weighted by Gasteiger charge is 2.11. The van der Waals surface area contributed by atoms with Gasteiger partial charge in [0.1, 0.15) is 4.83 Å². The molecule has 4 rings (SSSR count). The minimum atomic E-state index is -0.346. The molecule has 2 aromatic heterocycles. The van der Waals surface area contributed by atoms with Gasteiger partial charge in [-0.3, -0.25) is 9.36 Å². The first-order valence-electron chi connectivity index (χ1n) is 8.96. The molecule has 28 heavy (non-hydrogen) atoms. The average Bonchev–Trinajstić information content (AvgIpc) is 3.17. The van der Waals surface area contributed by atoms with Gasteiger partial charge in [-0.05, 0) is 36.2 Å². The quantitative estimate of drug-likeness (QED) is 0.475. The van der Waals surface area contributed by atoms with E-state index >= 15 is 0 Å². The molecule has 0 radical (unpaired) electrons. The van der Waals surface area contributed by atoms with Crippen molar-refractivity contribution in [2.24, 2.45) is 0 Å². The highest BCUT2D eigenvalue weighted by Crippen LogP contribution is 2.30. The van der Waals surface area contributed by atoms with Gasteiger partial charge in [0.2, 0.25) is 0 Å². The molecule has 0 atom stereocenters. The van der Waals surface area contributed by atoms with Gasteiger partial charge in [0, 0.05) is 4.88 Å². The van der Waals surface area contributed by atoms with Crippen LogP contribution in [0, 0.1) is 0 Å². The fourth-order valence-corrected chi connectivity index (χ4v) is 3.97. The van der Waals surface area contributed by atoms with Gasteiger partial charge in [0.05, 0.1) is 30.4 Å². The Morgan fingerprint density at radius 2 is 1.86 bits per heavy atom. The summed E-state index contributed by atoms with van der Waals surface area (Å²) in [6.45, 7) is 2.50. The Morgan fingerprint density at radius 1 is 1.11 bits per heavy atom. The van der Waals surface area contributed by atoms with E-state index in [1.54, 1.807) is 30.0 Å². The molecule has 0 N–H and O–H groups in total. The fraction of sp³-hybridized carbons (Fsp3) is 0.136. The van der Waals surface area contributed by atoms with Gasteiger partial charge in [-0.25, -0.2) is 9.78 Å². The number of esters is 1. The van der Waals surface area contributed by atoms with Crippen LogP contribution in [-0.2, 0) is 11.3 Å². The first-order chi connectivity index (χ1) is 13.7. The Hall–Kier alpha value is -3.25. The summed E-state index contributed by atoms with van der Waals surface area (Å²) in [5.41, 5.74) is 2.41. The van der Waals surface area contributed by atoms with Crippen molar-refractivity contribution in [3.05, 3.63) is 88.5 Å². The summed E-state index contributed by atoms with van der Waals surface area (Å²) in [4.78, 5) is 30.9. The third kappa shape index (κ3) is 3.59. The van der Waals surface area contributed by atoms with Crippen molar-refractivity contribution in [3.63, 3.8) is 0 Å². The Morgan fingerprint density at radius 3 is 2.57 bits per heavy atom. The second kappa shape index (κ2) is 7.78. The molecule has 0 spiro atoms. The third-order valence-electron chi connectivity index (χ3n) is 4.39. The Bertz CT molecular complexity index is 1180. The van der Waals surface area contributed by atoms with E-state index in [9.17, 15) is 9.59 Å². The zero-order valence-corrected chi connectivity index (χ0v) is 16.1. The number of carbonyl (C=O) groups is 1. The van der Waals surface area contributed by atoms with Gasteiger partial charge in [0.25, 0.3) is 5.56 Å². The van der Waals surface area contributed by atoms with Crippen molar-refractivity contribution in [2.45, 2.75) is 13.5 Å². The zero-order chi connectivity index (χ0) is 19.5. The maximum Gasteiger partial charge on any atom is 0.338 e. The average molecular weight is 390 g/mol. The number of carbonyl (C=O) groups excluding carboxylic acids is 1. The van der Waals surface area contributed by atoms with E-state index in [-0.39, 0.29) is 11.5 Å². The van der Waals surface area contributed by atoms with Crippen molar-refractivity contribution in [1.82, 2.24) is 9.55 Å². The fourth-order valence-electron chi connectivity index (χ4n) is 2.97. The van der Waals surface area contributed by atoms with Crippen molar-refractivity contribution in [1.29, 1.82) is 0 Å². The van der Waals surface area contributed by atoms with Crippen molar-refractivity contribution < 1.29 is 9.53 Å². The summed E-state index contributed by atoms with van der Waals surface area (Å²) in [5, 5.41) is 0.620. The lowest BCUT2D eigenvalue weighted by Crippen LogP contribution is -2.20. The van der Waals surface area contributed by atoms with Gasteiger partial charge in [-0.1, -0.05) is 42.5 Å². The maximum absolute atomic E-state index is 12.9. The number of hydrogen-bond donors (Lipinski definition) is 0. The molecule has 140 valence electrons. The number of benzene rings is 2. The normalized spacial score (nSPS) is 10.9. The maximum atomic E-state index is 12.9. The number of ether oxygens (including phenoxy) is 1. The van der Waals surface area contributed by atoms with Gasteiger partial charge in [0.15, 0.2) is 0 Å². The van der Waals surface area contributed by atoms with E-state index in [1.807, 2.05) is 48.5 Å². The number of nitrogens with zero attached hydrogens (tertiary/aromatic N) is 2. The lowest BCUT2D eigenvalue weighted by Gasteiger charge is -2.06. The number of aromatic nitrogens is 2. The van der Waals surface area contributed by atoms with E-state index in [1.165, 1.54) is 11.3 Å². The Labute approximate surface area is 165 Å². The summed E-state index contributed by atoms with van der Waals surface area (Å²) in [5.74, 6) is -0.346. The predicted octanol–water partition coefficient (Wildman–Crippen LogP) is 4.35. The molecule has 6 heteroatoms. The van der Waals surface area contributed by atoms with Crippen LogP contribution in [-0.4, -0.2) is 22.1 Å². The van der Waals surface area contributed by atoms with Gasteiger partial charge >= 0.3 is 5.97 Å². The van der Waals surface area contributed by atoms with Crippen LogP contribution in [0.3, 0.4) is 0 Å². The van der Waals surface area contributed by atoms with Gasteiger partial charge < -0.3 is 4.74 Å². The van der Waals surface area contributed by atoms with E-state index in [0.29, 0.717) is 24.1 Å². The zero-order valence-electron chi connectivity index (χ0n) is 15.3. The molecule has 0 bridgehead atoms. The minimum Gasteiger partial charge on any atom is -0.462 e. The first-order valence-corrected chi connectivity index (χ1v) is 9.78. The van der Waals surface area contributed by atoms with E-state index < -0.39 is 0 Å². The van der Waals surface area contributed by atoms with Crippen LogP contribution in [0.1, 0.15) is 22.8 Å². The third-order valence-corrected chi connectivity index (χ3v) is 5.49. The topological polar surface area (TPSA) is 61.2 Å². The summed E-state index contributed by atoms with van der Waals surface area (Å²) in [7, 11) is 0. The molecular formula is C22H18N2O3S. The van der Waals surface area contributed by atoms with Crippen LogP contribution in [0.2, 0.25) is 0 Å². The standard InChI is InChI=1S/C22H18N2O3S/c1-2-27-22(26)17-10-8-15(9-11-17)13-24-14-23-20-18(21(24)25)12-19(28-20)16-6-4-3-5-7-16/h3-12,14H,2,13H2,1H3. The number of rotatable bonds is 5. The highest BCUT2D eigenvalue weighted by molar-refractivity contribution is 7.21. The molecule has 2 heterocycles. The molecule has 5 nitrogen and oxygen atoms in total.